The lowest BCUT2D eigenvalue weighted by molar-refractivity contribution is -0.118. The number of carbonyl (C=O) groups excluding carboxylic acids is 1. The summed E-state index contributed by atoms with van der Waals surface area (Å²) in [6, 6.07) is 5.76. The summed E-state index contributed by atoms with van der Waals surface area (Å²) in [7, 11) is 3.31. The molecule has 1 heterocycles. The normalized spacial score (nSPS) is 15.2. The Morgan fingerprint density at radius 2 is 2.30 bits per heavy atom. The Morgan fingerprint density at radius 3 is 3.05 bits per heavy atom. The maximum atomic E-state index is 11.3. The SMILES string of the molecule is COCC(CNCc1ccc2c(c1)NC(=O)CO2)OC. The van der Waals surface area contributed by atoms with E-state index in [4.69, 9.17) is 14.2 Å². The van der Waals surface area contributed by atoms with E-state index in [1.165, 1.54) is 0 Å². The third kappa shape index (κ3) is 3.93. The second kappa shape index (κ2) is 7.23. The van der Waals surface area contributed by atoms with Crippen molar-refractivity contribution in [2.24, 2.45) is 0 Å². The molecular weight excluding hydrogens is 260 g/mol. The lowest BCUT2D eigenvalue weighted by Gasteiger charge is -2.19. The van der Waals surface area contributed by atoms with Gasteiger partial charge in [-0.25, -0.2) is 0 Å². The van der Waals surface area contributed by atoms with Crippen LogP contribution in [-0.4, -0.2) is 46.0 Å². The highest BCUT2D eigenvalue weighted by Gasteiger charge is 2.15. The van der Waals surface area contributed by atoms with E-state index in [0.717, 1.165) is 11.3 Å². The van der Waals surface area contributed by atoms with E-state index in [1.807, 2.05) is 18.2 Å². The molecular formula is C14H20N2O4. The lowest BCUT2D eigenvalue weighted by atomic mass is 10.1. The molecule has 1 aromatic rings. The summed E-state index contributed by atoms with van der Waals surface area (Å²) in [5.41, 5.74) is 1.79. The number of nitrogens with one attached hydrogen (secondary N) is 2. The molecule has 1 aromatic carbocycles. The Bertz CT molecular complexity index is 464. The fraction of sp³-hybridized carbons (Fsp3) is 0.500. The molecule has 0 saturated carbocycles. The predicted octanol–water partition coefficient (Wildman–Crippen LogP) is 0.768. The van der Waals surface area contributed by atoms with E-state index in [9.17, 15) is 4.79 Å². The third-order valence-electron chi connectivity index (χ3n) is 3.06. The maximum Gasteiger partial charge on any atom is 0.262 e. The molecule has 1 amide bonds. The van der Waals surface area contributed by atoms with E-state index in [0.29, 0.717) is 25.4 Å². The van der Waals surface area contributed by atoms with E-state index in [1.54, 1.807) is 14.2 Å². The molecule has 20 heavy (non-hydrogen) atoms. The van der Waals surface area contributed by atoms with Crippen LogP contribution in [0.4, 0.5) is 5.69 Å². The molecule has 1 atom stereocenters. The van der Waals surface area contributed by atoms with E-state index < -0.39 is 0 Å². The minimum atomic E-state index is -0.123. The van der Waals surface area contributed by atoms with Gasteiger partial charge in [-0.1, -0.05) is 6.07 Å². The number of anilines is 1. The molecule has 0 fully saturated rings. The summed E-state index contributed by atoms with van der Waals surface area (Å²) in [6.45, 7) is 2.02. The van der Waals surface area contributed by atoms with Gasteiger partial charge in [0.05, 0.1) is 18.4 Å². The summed E-state index contributed by atoms with van der Waals surface area (Å²) in [4.78, 5) is 11.3. The molecule has 0 saturated heterocycles. The molecule has 1 aliphatic heterocycles. The van der Waals surface area contributed by atoms with Gasteiger partial charge in [0.15, 0.2) is 6.61 Å². The van der Waals surface area contributed by atoms with Crippen molar-refractivity contribution in [2.45, 2.75) is 12.6 Å². The minimum absolute atomic E-state index is 0.0284. The number of fused-ring (bicyclic) bond motifs is 1. The molecule has 1 aliphatic rings. The first-order valence-electron chi connectivity index (χ1n) is 6.51. The fourth-order valence-corrected chi connectivity index (χ4v) is 2.01. The molecule has 6 nitrogen and oxygen atoms in total. The number of carbonyl (C=O) groups is 1. The average Bonchev–Trinajstić information content (AvgIpc) is 2.46. The number of hydrogen-bond donors (Lipinski definition) is 2. The summed E-state index contributed by atoms with van der Waals surface area (Å²) in [5.74, 6) is 0.588. The summed E-state index contributed by atoms with van der Waals surface area (Å²) < 4.78 is 15.6. The first kappa shape index (κ1) is 14.8. The van der Waals surface area contributed by atoms with Gasteiger partial charge < -0.3 is 24.8 Å². The van der Waals surface area contributed by atoms with E-state index in [-0.39, 0.29) is 18.6 Å². The summed E-state index contributed by atoms with van der Waals surface area (Å²) >= 11 is 0. The quantitative estimate of drug-likeness (QED) is 0.772. The number of ether oxygens (including phenoxy) is 3. The zero-order valence-electron chi connectivity index (χ0n) is 11.8. The number of hydrogen-bond acceptors (Lipinski definition) is 5. The lowest BCUT2D eigenvalue weighted by Crippen LogP contribution is -2.31. The Morgan fingerprint density at radius 1 is 1.45 bits per heavy atom. The third-order valence-corrected chi connectivity index (χ3v) is 3.06. The highest BCUT2D eigenvalue weighted by Crippen LogP contribution is 2.28. The molecule has 6 heteroatoms. The van der Waals surface area contributed by atoms with Crippen LogP contribution in [0.1, 0.15) is 5.56 Å². The molecule has 2 rings (SSSR count). The number of amides is 1. The van der Waals surface area contributed by atoms with Crippen LogP contribution >= 0.6 is 0 Å². The van der Waals surface area contributed by atoms with Crippen molar-refractivity contribution in [2.75, 3.05) is 39.3 Å². The molecule has 1 unspecified atom stereocenters. The van der Waals surface area contributed by atoms with Crippen LogP contribution in [0.5, 0.6) is 5.75 Å². The van der Waals surface area contributed by atoms with Gasteiger partial charge in [-0.2, -0.15) is 0 Å². The first-order chi connectivity index (χ1) is 9.72. The summed E-state index contributed by atoms with van der Waals surface area (Å²) in [5, 5.41) is 6.09. The smallest absolute Gasteiger partial charge is 0.262 e. The fourth-order valence-electron chi connectivity index (χ4n) is 2.01. The van der Waals surface area contributed by atoms with Gasteiger partial charge in [0.1, 0.15) is 5.75 Å². The molecule has 0 aliphatic carbocycles. The van der Waals surface area contributed by atoms with Crippen molar-refractivity contribution >= 4 is 11.6 Å². The van der Waals surface area contributed by atoms with Crippen LogP contribution in [0.25, 0.3) is 0 Å². The standard InChI is InChI=1S/C14H20N2O4/c1-18-8-11(19-2)7-15-6-10-3-4-13-12(5-10)16-14(17)9-20-13/h3-5,11,15H,6-9H2,1-2H3,(H,16,17). The van der Waals surface area contributed by atoms with Crippen LogP contribution in [0, 0.1) is 0 Å². The highest BCUT2D eigenvalue weighted by molar-refractivity contribution is 5.95. The van der Waals surface area contributed by atoms with Crippen molar-refractivity contribution in [1.29, 1.82) is 0 Å². The number of methoxy groups -OCH3 is 2. The van der Waals surface area contributed by atoms with Crippen molar-refractivity contribution in [3.8, 4) is 5.75 Å². The topological polar surface area (TPSA) is 68.8 Å². The first-order valence-corrected chi connectivity index (χ1v) is 6.51. The highest BCUT2D eigenvalue weighted by atomic mass is 16.5. The number of rotatable bonds is 7. The summed E-state index contributed by atoms with van der Waals surface area (Å²) in [6.07, 6.45) is 0.0284. The van der Waals surface area contributed by atoms with Gasteiger partial charge in [0, 0.05) is 27.3 Å². The van der Waals surface area contributed by atoms with Gasteiger partial charge in [-0.3, -0.25) is 4.79 Å². The molecule has 0 aromatic heterocycles. The van der Waals surface area contributed by atoms with Crippen LogP contribution in [0.3, 0.4) is 0 Å². The second-order valence-electron chi connectivity index (χ2n) is 4.61. The predicted molar refractivity (Wildman–Crippen MR) is 74.9 cm³/mol. The van der Waals surface area contributed by atoms with Gasteiger partial charge in [0.25, 0.3) is 5.91 Å². The van der Waals surface area contributed by atoms with E-state index in [2.05, 4.69) is 10.6 Å². The van der Waals surface area contributed by atoms with Crippen LogP contribution in [0.15, 0.2) is 18.2 Å². The van der Waals surface area contributed by atoms with E-state index >= 15 is 0 Å². The Hall–Kier alpha value is -1.63. The van der Waals surface area contributed by atoms with Crippen LogP contribution in [0.2, 0.25) is 0 Å². The zero-order valence-corrected chi connectivity index (χ0v) is 11.8. The monoisotopic (exact) mass is 280 g/mol. The molecule has 0 radical (unpaired) electrons. The van der Waals surface area contributed by atoms with Gasteiger partial charge in [0.2, 0.25) is 0 Å². The Kier molecular flexibility index (Phi) is 5.34. The Balaban J connectivity index is 1.87. The average molecular weight is 280 g/mol. The molecule has 0 spiro atoms. The van der Waals surface area contributed by atoms with Crippen molar-refractivity contribution < 1.29 is 19.0 Å². The van der Waals surface area contributed by atoms with Gasteiger partial charge in [-0.15, -0.1) is 0 Å². The van der Waals surface area contributed by atoms with Crippen LogP contribution in [-0.2, 0) is 20.8 Å². The second-order valence-corrected chi connectivity index (χ2v) is 4.61. The van der Waals surface area contributed by atoms with Crippen molar-refractivity contribution in [3.05, 3.63) is 23.8 Å². The largest absolute Gasteiger partial charge is 0.482 e. The number of benzene rings is 1. The van der Waals surface area contributed by atoms with Crippen molar-refractivity contribution in [1.82, 2.24) is 5.32 Å². The molecule has 0 bridgehead atoms. The Labute approximate surface area is 118 Å². The van der Waals surface area contributed by atoms with Gasteiger partial charge in [-0.05, 0) is 17.7 Å². The minimum Gasteiger partial charge on any atom is -0.482 e. The van der Waals surface area contributed by atoms with Crippen molar-refractivity contribution in [3.63, 3.8) is 0 Å². The maximum absolute atomic E-state index is 11.3. The van der Waals surface area contributed by atoms with Crippen LogP contribution < -0.4 is 15.4 Å². The van der Waals surface area contributed by atoms with Gasteiger partial charge >= 0.3 is 0 Å². The zero-order chi connectivity index (χ0) is 14.4. The molecule has 2 N–H and O–H groups in total. The molecule has 110 valence electrons.